The fraction of sp³-hybridized carbons (Fsp3) is 0.318. The number of rotatable bonds is 4. The molecule has 2 aromatic carbocycles. The van der Waals surface area contributed by atoms with Crippen LogP contribution < -0.4 is 5.32 Å². The molecule has 0 unspecified atom stereocenters. The molecule has 0 radical (unpaired) electrons. The van der Waals surface area contributed by atoms with Gasteiger partial charge in [-0.05, 0) is 62.4 Å². The van der Waals surface area contributed by atoms with E-state index in [9.17, 15) is 5.26 Å². The summed E-state index contributed by atoms with van der Waals surface area (Å²) in [6.45, 7) is 5.12. The Morgan fingerprint density at radius 3 is 2.52 bits per heavy atom. The molecule has 0 spiro atoms. The molecule has 0 saturated heterocycles. The summed E-state index contributed by atoms with van der Waals surface area (Å²) in [6.07, 6.45) is 3.67. The average Bonchev–Trinajstić information content (AvgIpc) is 2.88. The number of fused-ring (bicyclic) bond motifs is 1. The molecule has 4 rings (SSSR count). The van der Waals surface area contributed by atoms with Crippen LogP contribution >= 0.6 is 0 Å². The lowest BCUT2D eigenvalue weighted by Gasteiger charge is -2.30. The first-order valence-corrected chi connectivity index (χ1v) is 9.12. The van der Waals surface area contributed by atoms with Crippen LogP contribution in [0.1, 0.15) is 43.4 Å². The van der Waals surface area contributed by atoms with Gasteiger partial charge in [0.1, 0.15) is 6.07 Å². The smallest absolute Gasteiger partial charge is 0.102 e. The largest absolute Gasteiger partial charge is 0.385 e. The Morgan fingerprint density at radius 2 is 1.92 bits per heavy atom. The maximum absolute atomic E-state index is 9.90. The normalized spacial score (nSPS) is 14.3. The van der Waals surface area contributed by atoms with E-state index in [-0.39, 0.29) is 0 Å². The summed E-state index contributed by atoms with van der Waals surface area (Å²) in [7, 11) is 0. The molecule has 3 nitrogen and oxygen atoms in total. The van der Waals surface area contributed by atoms with Gasteiger partial charge in [0.05, 0.1) is 16.8 Å². The van der Waals surface area contributed by atoms with Gasteiger partial charge in [0.15, 0.2) is 0 Å². The van der Waals surface area contributed by atoms with Gasteiger partial charge >= 0.3 is 0 Å². The molecular weight excluding hydrogens is 306 g/mol. The van der Waals surface area contributed by atoms with Crippen LogP contribution in [0.2, 0.25) is 0 Å². The van der Waals surface area contributed by atoms with Crippen LogP contribution in [0, 0.1) is 18.3 Å². The van der Waals surface area contributed by atoms with Crippen molar-refractivity contribution in [3.63, 3.8) is 0 Å². The van der Waals surface area contributed by atoms with E-state index in [1.54, 1.807) is 0 Å². The van der Waals surface area contributed by atoms with Crippen LogP contribution in [0.25, 0.3) is 22.2 Å². The predicted octanol–water partition coefficient (Wildman–Crippen LogP) is 5.65. The Morgan fingerprint density at radius 1 is 1.16 bits per heavy atom. The van der Waals surface area contributed by atoms with Crippen LogP contribution in [0.3, 0.4) is 0 Å². The molecule has 0 amide bonds. The zero-order valence-corrected chi connectivity index (χ0v) is 14.8. The lowest BCUT2D eigenvalue weighted by Crippen LogP contribution is -2.17. The van der Waals surface area contributed by atoms with Crippen molar-refractivity contribution < 1.29 is 0 Å². The number of benzene rings is 2. The number of anilines is 1. The SMILES string of the molecule is CCNc1ccc(-c2c(C#N)c3ccc(C)cc3n2C2CCC2)cc1. The van der Waals surface area contributed by atoms with Gasteiger partial charge in [-0.25, -0.2) is 0 Å². The van der Waals surface area contributed by atoms with Gasteiger partial charge in [0, 0.05) is 23.7 Å². The van der Waals surface area contributed by atoms with Crippen LogP contribution in [0.15, 0.2) is 42.5 Å². The molecule has 0 atom stereocenters. The fourth-order valence-corrected chi connectivity index (χ4v) is 3.79. The van der Waals surface area contributed by atoms with Crippen molar-refractivity contribution in [2.75, 3.05) is 11.9 Å². The fourth-order valence-electron chi connectivity index (χ4n) is 3.79. The number of nitrogens with one attached hydrogen (secondary N) is 1. The Kier molecular flexibility index (Phi) is 3.97. The third kappa shape index (κ3) is 2.59. The maximum atomic E-state index is 9.90. The van der Waals surface area contributed by atoms with Gasteiger partial charge in [-0.3, -0.25) is 0 Å². The number of nitrogens with zero attached hydrogens (tertiary/aromatic N) is 2. The number of aryl methyl sites for hydroxylation is 1. The first kappa shape index (κ1) is 15.8. The zero-order chi connectivity index (χ0) is 17.4. The summed E-state index contributed by atoms with van der Waals surface area (Å²) in [5.74, 6) is 0. The van der Waals surface area contributed by atoms with Crippen molar-refractivity contribution in [3.8, 4) is 17.3 Å². The summed E-state index contributed by atoms with van der Waals surface area (Å²) < 4.78 is 2.42. The molecule has 1 aromatic heterocycles. The zero-order valence-electron chi connectivity index (χ0n) is 14.8. The first-order chi connectivity index (χ1) is 12.2. The lowest BCUT2D eigenvalue weighted by atomic mass is 9.92. The average molecular weight is 329 g/mol. The number of aromatic nitrogens is 1. The minimum absolute atomic E-state index is 0.509. The van der Waals surface area contributed by atoms with Gasteiger partial charge in [-0.2, -0.15) is 5.26 Å². The van der Waals surface area contributed by atoms with Crippen molar-refractivity contribution in [1.82, 2.24) is 4.57 Å². The highest BCUT2D eigenvalue weighted by Crippen LogP contribution is 2.42. The highest BCUT2D eigenvalue weighted by Gasteiger charge is 2.27. The van der Waals surface area contributed by atoms with Crippen LogP contribution in [-0.4, -0.2) is 11.1 Å². The van der Waals surface area contributed by atoms with Crippen LogP contribution in [0.5, 0.6) is 0 Å². The van der Waals surface area contributed by atoms with Gasteiger partial charge in [-0.1, -0.05) is 24.3 Å². The van der Waals surface area contributed by atoms with Gasteiger partial charge in [-0.15, -0.1) is 0 Å². The predicted molar refractivity (Wildman–Crippen MR) is 104 cm³/mol. The van der Waals surface area contributed by atoms with Crippen molar-refractivity contribution >= 4 is 16.6 Å². The highest BCUT2D eigenvalue weighted by molar-refractivity contribution is 5.95. The van der Waals surface area contributed by atoms with Crippen molar-refractivity contribution in [1.29, 1.82) is 5.26 Å². The third-order valence-electron chi connectivity index (χ3n) is 5.25. The van der Waals surface area contributed by atoms with Crippen molar-refractivity contribution in [3.05, 3.63) is 53.6 Å². The van der Waals surface area contributed by atoms with E-state index >= 15 is 0 Å². The monoisotopic (exact) mass is 329 g/mol. The summed E-state index contributed by atoms with van der Waals surface area (Å²) in [5.41, 5.74) is 6.57. The summed E-state index contributed by atoms with van der Waals surface area (Å²) in [6, 6.07) is 17.9. The molecule has 1 heterocycles. The van der Waals surface area contributed by atoms with Gasteiger partial charge in [0.2, 0.25) is 0 Å². The van der Waals surface area contributed by atoms with E-state index in [0.717, 1.165) is 34.4 Å². The number of hydrogen-bond acceptors (Lipinski definition) is 2. The maximum Gasteiger partial charge on any atom is 0.102 e. The second-order valence-electron chi connectivity index (χ2n) is 6.92. The van der Waals surface area contributed by atoms with Gasteiger partial charge in [0.25, 0.3) is 0 Å². The van der Waals surface area contributed by atoms with E-state index in [4.69, 9.17) is 0 Å². The van der Waals surface area contributed by atoms with Gasteiger partial charge < -0.3 is 9.88 Å². The van der Waals surface area contributed by atoms with Crippen molar-refractivity contribution in [2.24, 2.45) is 0 Å². The van der Waals surface area contributed by atoms with E-state index < -0.39 is 0 Å². The summed E-state index contributed by atoms with van der Waals surface area (Å²) in [5, 5.41) is 14.3. The molecule has 0 bridgehead atoms. The molecule has 3 heteroatoms. The van der Waals surface area contributed by atoms with E-state index in [2.05, 4.69) is 72.3 Å². The molecule has 0 aliphatic heterocycles. The lowest BCUT2D eigenvalue weighted by molar-refractivity contribution is 0.324. The number of nitriles is 1. The molecule has 1 aliphatic carbocycles. The summed E-state index contributed by atoms with van der Waals surface area (Å²) in [4.78, 5) is 0. The Balaban J connectivity index is 1.96. The van der Waals surface area contributed by atoms with E-state index in [0.29, 0.717) is 6.04 Å². The van der Waals surface area contributed by atoms with Crippen molar-refractivity contribution in [2.45, 2.75) is 39.2 Å². The Bertz CT molecular complexity index is 954. The molecule has 1 aliphatic rings. The highest BCUT2D eigenvalue weighted by atomic mass is 15.0. The molecular formula is C22H23N3. The Hall–Kier alpha value is -2.73. The Labute approximate surface area is 148 Å². The second kappa shape index (κ2) is 6.29. The third-order valence-corrected chi connectivity index (χ3v) is 5.25. The quantitative estimate of drug-likeness (QED) is 0.672. The molecule has 3 aromatic rings. The second-order valence-corrected chi connectivity index (χ2v) is 6.92. The molecule has 126 valence electrons. The molecule has 1 fully saturated rings. The topological polar surface area (TPSA) is 40.8 Å². The molecule has 25 heavy (non-hydrogen) atoms. The molecule has 1 saturated carbocycles. The summed E-state index contributed by atoms with van der Waals surface area (Å²) >= 11 is 0. The molecule has 1 N–H and O–H groups in total. The standard InChI is InChI=1S/C22H23N3/c1-3-24-17-10-8-16(9-11-17)22-20(14-23)19-12-7-15(2)13-21(19)25(22)18-5-4-6-18/h7-13,18,24H,3-6H2,1-2H3. The van der Waals surface area contributed by atoms with E-state index in [1.165, 1.54) is 30.3 Å². The van der Waals surface area contributed by atoms with Crippen LogP contribution in [0.4, 0.5) is 5.69 Å². The minimum Gasteiger partial charge on any atom is -0.385 e. The van der Waals surface area contributed by atoms with E-state index in [1.807, 2.05) is 0 Å². The van der Waals surface area contributed by atoms with Crippen LogP contribution in [-0.2, 0) is 0 Å². The minimum atomic E-state index is 0.509. The first-order valence-electron chi connectivity index (χ1n) is 9.12. The number of hydrogen-bond donors (Lipinski definition) is 1.